The quantitative estimate of drug-likeness (QED) is 0.603. The van der Waals surface area contributed by atoms with Crippen molar-refractivity contribution in [3.8, 4) is 0 Å². The van der Waals surface area contributed by atoms with Gasteiger partial charge in [0.25, 0.3) is 0 Å². The Kier molecular flexibility index (Phi) is 4.78. The van der Waals surface area contributed by atoms with Gasteiger partial charge in [-0.05, 0) is 12.8 Å². The van der Waals surface area contributed by atoms with Gasteiger partial charge in [-0.25, -0.2) is 0 Å². The van der Waals surface area contributed by atoms with E-state index in [9.17, 15) is 4.79 Å². The van der Waals surface area contributed by atoms with Crippen molar-refractivity contribution in [3.05, 3.63) is 0 Å². The maximum absolute atomic E-state index is 11.1. The SMILES string of the molecule is COCCOCCC1CCNC1=O. The molecule has 1 saturated heterocycles. The number of hydrogen-bond acceptors (Lipinski definition) is 3. The van der Waals surface area contributed by atoms with E-state index in [2.05, 4.69) is 5.32 Å². The van der Waals surface area contributed by atoms with Crippen molar-refractivity contribution in [3.63, 3.8) is 0 Å². The molecule has 0 bridgehead atoms. The first-order valence-electron chi connectivity index (χ1n) is 4.69. The molecule has 1 unspecified atom stereocenters. The van der Waals surface area contributed by atoms with Gasteiger partial charge in [0.2, 0.25) is 5.91 Å². The smallest absolute Gasteiger partial charge is 0.223 e. The predicted molar refractivity (Wildman–Crippen MR) is 48.4 cm³/mol. The van der Waals surface area contributed by atoms with E-state index in [1.165, 1.54) is 0 Å². The van der Waals surface area contributed by atoms with Gasteiger partial charge in [0.05, 0.1) is 13.2 Å². The highest BCUT2D eigenvalue weighted by Crippen LogP contribution is 2.13. The van der Waals surface area contributed by atoms with E-state index in [1.54, 1.807) is 7.11 Å². The van der Waals surface area contributed by atoms with Gasteiger partial charge in [0, 0.05) is 26.2 Å². The number of nitrogens with one attached hydrogen (secondary N) is 1. The van der Waals surface area contributed by atoms with E-state index in [0.29, 0.717) is 19.8 Å². The van der Waals surface area contributed by atoms with Crippen LogP contribution in [-0.4, -0.2) is 39.4 Å². The van der Waals surface area contributed by atoms with Crippen LogP contribution in [0.2, 0.25) is 0 Å². The predicted octanol–water partition coefficient (Wildman–Crippen LogP) is 0.176. The molecule has 1 amide bonds. The van der Waals surface area contributed by atoms with E-state index in [1.807, 2.05) is 0 Å². The van der Waals surface area contributed by atoms with E-state index < -0.39 is 0 Å². The molecular formula is C9H17NO3. The molecule has 0 spiro atoms. The van der Waals surface area contributed by atoms with E-state index >= 15 is 0 Å². The molecule has 4 nitrogen and oxygen atoms in total. The lowest BCUT2D eigenvalue weighted by atomic mass is 10.1. The molecule has 0 aromatic carbocycles. The van der Waals surface area contributed by atoms with Crippen LogP contribution in [0.4, 0.5) is 0 Å². The van der Waals surface area contributed by atoms with Crippen LogP contribution in [0.3, 0.4) is 0 Å². The molecule has 1 rings (SSSR count). The Morgan fingerprint density at radius 1 is 1.46 bits per heavy atom. The highest BCUT2D eigenvalue weighted by atomic mass is 16.5. The summed E-state index contributed by atoms with van der Waals surface area (Å²) in [7, 11) is 1.65. The van der Waals surface area contributed by atoms with Crippen molar-refractivity contribution >= 4 is 5.91 Å². The largest absolute Gasteiger partial charge is 0.382 e. The third-order valence-corrected chi connectivity index (χ3v) is 2.21. The van der Waals surface area contributed by atoms with Crippen LogP contribution in [-0.2, 0) is 14.3 Å². The molecule has 1 N–H and O–H groups in total. The van der Waals surface area contributed by atoms with Crippen molar-refractivity contribution in [1.29, 1.82) is 0 Å². The molecule has 1 heterocycles. The Labute approximate surface area is 78.6 Å². The fourth-order valence-electron chi connectivity index (χ4n) is 1.39. The van der Waals surface area contributed by atoms with Crippen molar-refractivity contribution in [2.75, 3.05) is 33.5 Å². The lowest BCUT2D eigenvalue weighted by Crippen LogP contribution is -2.20. The van der Waals surface area contributed by atoms with Crippen LogP contribution in [0.15, 0.2) is 0 Å². The van der Waals surface area contributed by atoms with Crippen LogP contribution < -0.4 is 5.32 Å². The molecule has 76 valence electrons. The van der Waals surface area contributed by atoms with Gasteiger partial charge in [0.15, 0.2) is 0 Å². The maximum Gasteiger partial charge on any atom is 0.223 e. The second-order valence-electron chi connectivity index (χ2n) is 3.17. The molecule has 1 fully saturated rings. The molecule has 0 aromatic heterocycles. The Hall–Kier alpha value is -0.610. The molecule has 0 aromatic rings. The Morgan fingerprint density at radius 3 is 2.92 bits per heavy atom. The third-order valence-electron chi connectivity index (χ3n) is 2.21. The Bertz CT molecular complexity index is 161. The van der Waals surface area contributed by atoms with Gasteiger partial charge < -0.3 is 14.8 Å². The Balaban J connectivity index is 1.96. The number of methoxy groups -OCH3 is 1. The summed E-state index contributed by atoms with van der Waals surface area (Å²) in [6.07, 6.45) is 1.78. The summed E-state index contributed by atoms with van der Waals surface area (Å²) in [6.45, 7) is 2.71. The van der Waals surface area contributed by atoms with Crippen molar-refractivity contribution < 1.29 is 14.3 Å². The van der Waals surface area contributed by atoms with E-state index in [4.69, 9.17) is 9.47 Å². The summed E-state index contributed by atoms with van der Waals surface area (Å²) in [5.41, 5.74) is 0. The summed E-state index contributed by atoms with van der Waals surface area (Å²) in [6, 6.07) is 0. The molecule has 0 aliphatic carbocycles. The van der Waals surface area contributed by atoms with Crippen LogP contribution in [0.5, 0.6) is 0 Å². The molecule has 1 aliphatic heterocycles. The zero-order chi connectivity index (χ0) is 9.52. The third kappa shape index (κ3) is 3.74. The van der Waals surface area contributed by atoms with Crippen molar-refractivity contribution in [1.82, 2.24) is 5.32 Å². The first kappa shape index (κ1) is 10.5. The minimum Gasteiger partial charge on any atom is -0.382 e. The van der Waals surface area contributed by atoms with Crippen LogP contribution in [0, 0.1) is 5.92 Å². The van der Waals surface area contributed by atoms with E-state index in [-0.39, 0.29) is 11.8 Å². The molecule has 0 saturated carbocycles. The molecule has 1 atom stereocenters. The van der Waals surface area contributed by atoms with Crippen molar-refractivity contribution in [2.24, 2.45) is 5.92 Å². The summed E-state index contributed by atoms with van der Waals surface area (Å²) < 4.78 is 10.1. The van der Waals surface area contributed by atoms with E-state index in [0.717, 1.165) is 19.4 Å². The fraction of sp³-hybridized carbons (Fsp3) is 0.889. The minimum absolute atomic E-state index is 0.169. The topological polar surface area (TPSA) is 47.6 Å². The Morgan fingerprint density at radius 2 is 2.31 bits per heavy atom. The van der Waals surface area contributed by atoms with Gasteiger partial charge in [-0.15, -0.1) is 0 Å². The lowest BCUT2D eigenvalue weighted by molar-refractivity contribution is -0.123. The first-order valence-corrected chi connectivity index (χ1v) is 4.69. The molecule has 4 heteroatoms. The van der Waals surface area contributed by atoms with Gasteiger partial charge in [-0.3, -0.25) is 4.79 Å². The number of hydrogen-bond donors (Lipinski definition) is 1. The second kappa shape index (κ2) is 5.94. The summed E-state index contributed by atoms with van der Waals surface area (Å²) in [5, 5.41) is 2.80. The van der Waals surface area contributed by atoms with Crippen LogP contribution >= 0.6 is 0 Å². The van der Waals surface area contributed by atoms with Gasteiger partial charge in [0.1, 0.15) is 0 Å². The maximum atomic E-state index is 11.1. The van der Waals surface area contributed by atoms with Gasteiger partial charge in [-0.1, -0.05) is 0 Å². The lowest BCUT2D eigenvalue weighted by Gasteiger charge is -2.06. The summed E-state index contributed by atoms with van der Waals surface area (Å²) in [4.78, 5) is 11.1. The average molecular weight is 187 g/mol. The van der Waals surface area contributed by atoms with Crippen molar-refractivity contribution in [2.45, 2.75) is 12.8 Å². The zero-order valence-corrected chi connectivity index (χ0v) is 8.04. The molecule has 1 aliphatic rings. The fourth-order valence-corrected chi connectivity index (χ4v) is 1.39. The number of ether oxygens (including phenoxy) is 2. The molecule has 0 radical (unpaired) electrons. The normalized spacial score (nSPS) is 21.9. The van der Waals surface area contributed by atoms with Crippen LogP contribution in [0.25, 0.3) is 0 Å². The number of rotatable bonds is 6. The second-order valence-corrected chi connectivity index (χ2v) is 3.17. The van der Waals surface area contributed by atoms with Gasteiger partial charge >= 0.3 is 0 Å². The molecule has 13 heavy (non-hydrogen) atoms. The highest BCUT2D eigenvalue weighted by Gasteiger charge is 2.23. The highest BCUT2D eigenvalue weighted by molar-refractivity contribution is 5.80. The molecular weight excluding hydrogens is 170 g/mol. The monoisotopic (exact) mass is 187 g/mol. The summed E-state index contributed by atoms with van der Waals surface area (Å²) >= 11 is 0. The first-order chi connectivity index (χ1) is 6.34. The standard InChI is InChI=1S/C9H17NO3/c1-12-6-7-13-5-3-8-2-4-10-9(8)11/h8H,2-7H2,1H3,(H,10,11). The summed E-state index contributed by atoms with van der Waals surface area (Å²) in [5.74, 6) is 0.345. The zero-order valence-electron chi connectivity index (χ0n) is 8.04. The number of amides is 1. The average Bonchev–Trinajstić information content (AvgIpc) is 2.52. The minimum atomic E-state index is 0.169. The number of carbonyl (C=O) groups excluding carboxylic acids is 1. The van der Waals surface area contributed by atoms with Crippen LogP contribution in [0.1, 0.15) is 12.8 Å². The number of carbonyl (C=O) groups is 1. The van der Waals surface area contributed by atoms with Gasteiger partial charge in [-0.2, -0.15) is 0 Å².